The Morgan fingerprint density at radius 2 is 2.06 bits per heavy atom. The van der Waals surface area contributed by atoms with Crippen LogP contribution in [0.15, 0.2) is 41.1 Å². The minimum atomic E-state index is -0.316. The van der Waals surface area contributed by atoms with E-state index in [1.54, 1.807) is 24.5 Å². The van der Waals surface area contributed by atoms with E-state index in [4.69, 9.17) is 4.74 Å². The van der Waals surface area contributed by atoms with Crippen LogP contribution in [-0.2, 0) is 0 Å². The molecule has 2 rings (SSSR count). The van der Waals surface area contributed by atoms with E-state index in [1.165, 1.54) is 12.1 Å². The molecule has 0 fully saturated rings. The Labute approximate surface area is 101 Å². The maximum absolute atomic E-state index is 13.0. The number of rotatable bonds is 2. The average molecular weight is 282 g/mol. The largest absolute Gasteiger partial charge is 0.455 e. The highest BCUT2D eigenvalue weighted by Crippen LogP contribution is 2.26. The smallest absolute Gasteiger partial charge is 0.146 e. The zero-order chi connectivity index (χ0) is 11.5. The highest BCUT2D eigenvalue weighted by atomic mass is 79.9. The first-order valence-electron chi connectivity index (χ1n) is 4.70. The van der Waals surface area contributed by atoms with Gasteiger partial charge in [0.25, 0.3) is 0 Å². The Morgan fingerprint density at radius 3 is 2.81 bits per heavy atom. The monoisotopic (exact) mass is 281 g/mol. The van der Waals surface area contributed by atoms with Gasteiger partial charge in [0, 0.05) is 16.7 Å². The van der Waals surface area contributed by atoms with E-state index in [-0.39, 0.29) is 5.82 Å². The van der Waals surface area contributed by atoms with Gasteiger partial charge in [-0.25, -0.2) is 4.39 Å². The fourth-order valence-electron chi connectivity index (χ4n) is 1.26. The lowest BCUT2D eigenvalue weighted by Gasteiger charge is -2.08. The van der Waals surface area contributed by atoms with Crippen molar-refractivity contribution >= 4 is 15.9 Å². The number of aryl methyl sites for hydroxylation is 1. The molecule has 2 nitrogen and oxygen atoms in total. The third-order valence-electron chi connectivity index (χ3n) is 2.06. The standard InChI is InChI=1S/C12H9BrFNO/c1-8-2-3-10(14)5-12(8)16-11-4-9(13)6-15-7-11/h2-7H,1H3. The van der Waals surface area contributed by atoms with E-state index >= 15 is 0 Å². The molecule has 0 amide bonds. The number of benzene rings is 1. The molecule has 16 heavy (non-hydrogen) atoms. The molecule has 0 saturated carbocycles. The van der Waals surface area contributed by atoms with E-state index < -0.39 is 0 Å². The molecule has 0 saturated heterocycles. The van der Waals surface area contributed by atoms with Gasteiger partial charge in [-0.05, 0) is 40.5 Å². The second kappa shape index (κ2) is 4.61. The van der Waals surface area contributed by atoms with Gasteiger partial charge in [-0.2, -0.15) is 0 Å². The van der Waals surface area contributed by atoms with Crippen LogP contribution in [-0.4, -0.2) is 4.98 Å². The predicted molar refractivity (Wildman–Crippen MR) is 63.1 cm³/mol. The van der Waals surface area contributed by atoms with Crippen LogP contribution >= 0.6 is 15.9 Å². The summed E-state index contributed by atoms with van der Waals surface area (Å²) in [7, 11) is 0. The van der Waals surface area contributed by atoms with Crippen molar-refractivity contribution in [2.75, 3.05) is 0 Å². The third-order valence-corrected chi connectivity index (χ3v) is 2.49. The van der Waals surface area contributed by atoms with Gasteiger partial charge >= 0.3 is 0 Å². The van der Waals surface area contributed by atoms with Crippen molar-refractivity contribution in [1.82, 2.24) is 4.98 Å². The number of pyridine rings is 1. The van der Waals surface area contributed by atoms with Crippen molar-refractivity contribution in [2.24, 2.45) is 0 Å². The number of ether oxygens (including phenoxy) is 1. The van der Waals surface area contributed by atoms with E-state index in [0.717, 1.165) is 10.0 Å². The normalized spacial score (nSPS) is 10.2. The molecule has 0 aliphatic heterocycles. The first kappa shape index (κ1) is 11.1. The van der Waals surface area contributed by atoms with E-state index in [1.807, 2.05) is 6.92 Å². The Bertz CT molecular complexity index is 516. The van der Waals surface area contributed by atoms with Crippen LogP contribution in [0.5, 0.6) is 11.5 Å². The van der Waals surface area contributed by atoms with Gasteiger partial charge in [-0.1, -0.05) is 6.07 Å². The Kier molecular flexibility index (Phi) is 3.19. The number of hydrogen-bond acceptors (Lipinski definition) is 2. The molecule has 1 aromatic carbocycles. The first-order chi connectivity index (χ1) is 7.65. The maximum Gasteiger partial charge on any atom is 0.146 e. The fourth-order valence-corrected chi connectivity index (χ4v) is 1.60. The summed E-state index contributed by atoms with van der Waals surface area (Å²) in [5.74, 6) is 0.756. The second-order valence-electron chi connectivity index (χ2n) is 3.35. The molecule has 1 aromatic heterocycles. The van der Waals surface area contributed by atoms with E-state index in [9.17, 15) is 4.39 Å². The molecule has 0 aliphatic rings. The molecule has 0 aliphatic carbocycles. The second-order valence-corrected chi connectivity index (χ2v) is 4.27. The lowest BCUT2D eigenvalue weighted by atomic mass is 10.2. The number of aromatic nitrogens is 1. The summed E-state index contributed by atoms with van der Waals surface area (Å²) < 4.78 is 19.4. The molecular formula is C12H9BrFNO. The lowest BCUT2D eigenvalue weighted by Crippen LogP contribution is -1.89. The van der Waals surface area contributed by atoms with Crippen LogP contribution in [0.25, 0.3) is 0 Å². The van der Waals surface area contributed by atoms with Crippen LogP contribution < -0.4 is 4.74 Å². The molecule has 0 radical (unpaired) electrons. The lowest BCUT2D eigenvalue weighted by molar-refractivity contribution is 0.470. The Hall–Kier alpha value is -1.42. The molecule has 82 valence electrons. The quantitative estimate of drug-likeness (QED) is 0.827. The van der Waals surface area contributed by atoms with Gasteiger partial charge in [0.15, 0.2) is 0 Å². The van der Waals surface area contributed by atoms with Crippen LogP contribution in [0, 0.1) is 12.7 Å². The minimum Gasteiger partial charge on any atom is -0.455 e. The van der Waals surface area contributed by atoms with Crippen LogP contribution in [0.4, 0.5) is 4.39 Å². The maximum atomic E-state index is 13.0. The highest BCUT2D eigenvalue weighted by Gasteiger charge is 2.03. The van der Waals surface area contributed by atoms with E-state index in [2.05, 4.69) is 20.9 Å². The van der Waals surface area contributed by atoms with E-state index in [0.29, 0.717) is 11.5 Å². The Balaban J connectivity index is 2.30. The Morgan fingerprint density at radius 1 is 1.25 bits per heavy atom. The van der Waals surface area contributed by atoms with Crippen molar-refractivity contribution in [3.05, 3.63) is 52.5 Å². The summed E-state index contributed by atoms with van der Waals surface area (Å²) in [4.78, 5) is 3.97. The van der Waals surface area contributed by atoms with Crippen molar-refractivity contribution in [2.45, 2.75) is 6.92 Å². The summed E-state index contributed by atoms with van der Waals surface area (Å²) in [6.45, 7) is 1.86. The molecule has 0 unspecified atom stereocenters. The topological polar surface area (TPSA) is 22.1 Å². The molecular weight excluding hydrogens is 273 g/mol. The fraction of sp³-hybridized carbons (Fsp3) is 0.0833. The first-order valence-corrected chi connectivity index (χ1v) is 5.49. The number of hydrogen-bond donors (Lipinski definition) is 0. The third kappa shape index (κ3) is 2.58. The molecule has 0 spiro atoms. The summed E-state index contributed by atoms with van der Waals surface area (Å²) in [5.41, 5.74) is 0.876. The van der Waals surface area contributed by atoms with Gasteiger partial charge in [0.2, 0.25) is 0 Å². The number of nitrogens with zero attached hydrogens (tertiary/aromatic N) is 1. The van der Waals surface area contributed by atoms with Crippen molar-refractivity contribution in [1.29, 1.82) is 0 Å². The van der Waals surface area contributed by atoms with Crippen LogP contribution in [0.3, 0.4) is 0 Å². The van der Waals surface area contributed by atoms with Crippen LogP contribution in [0.2, 0.25) is 0 Å². The molecule has 0 bridgehead atoms. The van der Waals surface area contributed by atoms with Gasteiger partial charge in [0.1, 0.15) is 17.3 Å². The van der Waals surface area contributed by atoms with Gasteiger partial charge in [-0.15, -0.1) is 0 Å². The molecule has 1 heterocycles. The molecule has 0 atom stereocenters. The van der Waals surface area contributed by atoms with Crippen molar-refractivity contribution in [3.8, 4) is 11.5 Å². The minimum absolute atomic E-state index is 0.316. The summed E-state index contributed by atoms with van der Waals surface area (Å²) in [6, 6.07) is 6.21. The molecule has 4 heteroatoms. The highest BCUT2D eigenvalue weighted by molar-refractivity contribution is 9.10. The zero-order valence-corrected chi connectivity index (χ0v) is 10.2. The zero-order valence-electron chi connectivity index (χ0n) is 8.58. The van der Waals surface area contributed by atoms with Gasteiger partial charge in [0.05, 0.1) is 6.20 Å². The predicted octanol–water partition coefficient (Wildman–Crippen LogP) is 4.08. The van der Waals surface area contributed by atoms with Crippen molar-refractivity contribution in [3.63, 3.8) is 0 Å². The van der Waals surface area contributed by atoms with Crippen LogP contribution in [0.1, 0.15) is 5.56 Å². The van der Waals surface area contributed by atoms with Crippen molar-refractivity contribution < 1.29 is 9.13 Å². The molecule has 2 aromatic rings. The summed E-state index contributed by atoms with van der Waals surface area (Å²) in [5, 5.41) is 0. The molecule has 0 N–H and O–H groups in total. The average Bonchev–Trinajstić information content (AvgIpc) is 2.24. The SMILES string of the molecule is Cc1ccc(F)cc1Oc1cncc(Br)c1. The summed E-state index contributed by atoms with van der Waals surface area (Å²) in [6.07, 6.45) is 3.24. The van der Waals surface area contributed by atoms with Gasteiger partial charge < -0.3 is 4.74 Å². The number of halogens is 2. The summed E-state index contributed by atoms with van der Waals surface area (Å²) >= 11 is 3.29. The van der Waals surface area contributed by atoms with Gasteiger partial charge in [-0.3, -0.25) is 4.98 Å².